The number of amides is 1. The zero-order valence-corrected chi connectivity index (χ0v) is 12.6. The van der Waals surface area contributed by atoms with Gasteiger partial charge < -0.3 is 10.4 Å². The van der Waals surface area contributed by atoms with Gasteiger partial charge in [-0.15, -0.1) is 0 Å². The minimum atomic E-state index is -1.14. The summed E-state index contributed by atoms with van der Waals surface area (Å²) in [6, 6.07) is 7.59. The molecule has 0 aliphatic carbocycles. The number of nitrogens with one attached hydrogen (secondary N) is 1. The van der Waals surface area contributed by atoms with Crippen LogP contribution in [0.15, 0.2) is 36.4 Å². The van der Waals surface area contributed by atoms with E-state index in [0.717, 1.165) is 18.2 Å². The SMILES string of the molecule is O=C(NCC(O)c1ccc(Cl)cc1Cl)c1c(F)cccc1F. The Hall–Kier alpha value is -1.69. The molecule has 2 rings (SSSR count). The predicted octanol–water partition coefficient (Wildman–Crippen LogP) is 3.74. The summed E-state index contributed by atoms with van der Waals surface area (Å²) in [5.74, 6) is -2.91. The molecule has 0 bridgehead atoms. The maximum Gasteiger partial charge on any atom is 0.257 e. The van der Waals surface area contributed by atoms with Crippen molar-refractivity contribution in [2.75, 3.05) is 6.54 Å². The van der Waals surface area contributed by atoms with Gasteiger partial charge in [-0.25, -0.2) is 8.78 Å². The summed E-state index contributed by atoms with van der Waals surface area (Å²) in [5.41, 5.74) is -0.350. The van der Waals surface area contributed by atoms with Crippen molar-refractivity contribution in [1.29, 1.82) is 0 Å². The molecule has 2 aromatic carbocycles. The van der Waals surface area contributed by atoms with Crippen LogP contribution in [0.3, 0.4) is 0 Å². The van der Waals surface area contributed by atoms with Gasteiger partial charge in [-0.1, -0.05) is 35.3 Å². The third-order valence-corrected chi connectivity index (χ3v) is 3.53. The molecule has 0 fully saturated rings. The van der Waals surface area contributed by atoms with Gasteiger partial charge in [0.2, 0.25) is 0 Å². The van der Waals surface area contributed by atoms with Gasteiger partial charge in [-0.2, -0.15) is 0 Å². The lowest BCUT2D eigenvalue weighted by Gasteiger charge is -2.14. The van der Waals surface area contributed by atoms with Crippen LogP contribution in [0.25, 0.3) is 0 Å². The van der Waals surface area contributed by atoms with Crippen LogP contribution >= 0.6 is 23.2 Å². The molecule has 0 aromatic heterocycles. The highest BCUT2D eigenvalue weighted by Gasteiger charge is 2.19. The molecule has 0 spiro atoms. The zero-order valence-electron chi connectivity index (χ0n) is 11.1. The molecular weight excluding hydrogens is 335 g/mol. The first-order valence-corrected chi connectivity index (χ1v) is 7.01. The Bertz CT molecular complexity index is 690. The summed E-state index contributed by atoms with van der Waals surface area (Å²) in [6.07, 6.45) is -1.14. The Balaban J connectivity index is 2.08. The molecule has 0 heterocycles. The first kappa shape index (κ1) is 16.7. The van der Waals surface area contributed by atoms with Gasteiger partial charge in [0.15, 0.2) is 0 Å². The topological polar surface area (TPSA) is 49.3 Å². The number of benzene rings is 2. The summed E-state index contributed by atoms with van der Waals surface area (Å²) in [5, 5.41) is 12.9. The van der Waals surface area contributed by atoms with E-state index in [0.29, 0.717) is 10.6 Å². The van der Waals surface area contributed by atoms with Gasteiger partial charge in [-0.3, -0.25) is 4.79 Å². The molecule has 0 aliphatic heterocycles. The number of carbonyl (C=O) groups is 1. The second kappa shape index (κ2) is 7.05. The number of hydrogen-bond donors (Lipinski definition) is 2. The zero-order chi connectivity index (χ0) is 16.3. The van der Waals surface area contributed by atoms with Crippen LogP contribution in [-0.2, 0) is 0 Å². The average Bonchev–Trinajstić information content (AvgIpc) is 2.44. The second-order valence-electron chi connectivity index (χ2n) is 4.49. The normalized spacial score (nSPS) is 12.0. The fourth-order valence-electron chi connectivity index (χ4n) is 1.87. The monoisotopic (exact) mass is 345 g/mol. The summed E-state index contributed by atoms with van der Waals surface area (Å²) < 4.78 is 26.9. The smallest absolute Gasteiger partial charge is 0.257 e. The van der Waals surface area contributed by atoms with Gasteiger partial charge in [-0.05, 0) is 24.3 Å². The lowest BCUT2D eigenvalue weighted by Crippen LogP contribution is -2.30. The molecule has 0 saturated carbocycles. The first-order valence-electron chi connectivity index (χ1n) is 6.25. The molecule has 22 heavy (non-hydrogen) atoms. The summed E-state index contributed by atoms with van der Waals surface area (Å²) in [7, 11) is 0. The number of aliphatic hydroxyl groups excluding tert-OH is 1. The van der Waals surface area contributed by atoms with E-state index in [9.17, 15) is 18.7 Å². The van der Waals surface area contributed by atoms with Crippen molar-refractivity contribution < 1.29 is 18.7 Å². The third-order valence-electron chi connectivity index (χ3n) is 2.97. The van der Waals surface area contributed by atoms with E-state index in [1.54, 1.807) is 0 Å². The number of hydrogen-bond acceptors (Lipinski definition) is 2. The lowest BCUT2D eigenvalue weighted by molar-refractivity contribution is 0.0908. The van der Waals surface area contributed by atoms with Crippen LogP contribution in [0.4, 0.5) is 8.78 Å². The van der Waals surface area contributed by atoms with Crippen molar-refractivity contribution >= 4 is 29.1 Å². The minimum Gasteiger partial charge on any atom is -0.387 e. The molecule has 0 saturated heterocycles. The Morgan fingerprint density at radius 3 is 2.41 bits per heavy atom. The van der Waals surface area contributed by atoms with Crippen molar-refractivity contribution in [3.8, 4) is 0 Å². The molecule has 0 aliphatic rings. The summed E-state index contributed by atoms with van der Waals surface area (Å²) in [4.78, 5) is 11.8. The molecule has 2 N–H and O–H groups in total. The molecule has 0 radical (unpaired) electrons. The maximum atomic E-state index is 13.5. The van der Waals surface area contributed by atoms with E-state index in [-0.39, 0.29) is 11.6 Å². The van der Waals surface area contributed by atoms with Gasteiger partial charge >= 0.3 is 0 Å². The second-order valence-corrected chi connectivity index (χ2v) is 5.33. The largest absolute Gasteiger partial charge is 0.387 e. The van der Waals surface area contributed by atoms with Crippen molar-refractivity contribution in [1.82, 2.24) is 5.32 Å². The van der Waals surface area contributed by atoms with E-state index in [1.807, 2.05) is 0 Å². The maximum absolute atomic E-state index is 13.5. The van der Waals surface area contributed by atoms with Crippen molar-refractivity contribution in [3.05, 3.63) is 69.2 Å². The van der Waals surface area contributed by atoms with Crippen LogP contribution in [-0.4, -0.2) is 17.6 Å². The highest BCUT2D eigenvalue weighted by molar-refractivity contribution is 6.35. The molecule has 1 unspecified atom stereocenters. The molecule has 1 amide bonds. The Morgan fingerprint density at radius 2 is 1.82 bits per heavy atom. The van der Waals surface area contributed by atoms with E-state index in [2.05, 4.69) is 5.32 Å². The fourth-order valence-corrected chi connectivity index (χ4v) is 2.41. The minimum absolute atomic E-state index is 0.228. The van der Waals surface area contributed by atoms with Crippen LogP contribution in [0, 0.1) is 11.6 Å². The van der Waals surface area contributed by atoms with Gasteiger partial charge in [0.1, 0.15) is 17.2 Å². The highest BCUT2D eigenvalue weighted by atomic mass is 35.5. The van der Waals surface area contributed by atoms with Gasteiger partial charge in [0.05, 0.1) is 6.10 Å². The van der Waals surface area contributed by atoms with Crippen LogP contribution in [0.2, 0.25) is 10.0 Å². The van der Waals surface area contributed by atoms with Crippen LogP contribution in [0.1, 0.15) is 22.0 Å². The molecular formula is C15H11Cl2F2NO2. The standard InChI is InChI=1S/C15H11Cl2F2NO2/c16-8-4-5-9(10(17)6-8)13(21)7-20-15(22)14-11(18)2-1-3-12(14)19/h1-6,13,21H,7H2,(H,20,22). The molecule has 116 valence electrons. The van der Waals surface area contributed by atoms with E-state index in [4.69, 9.17) is 23.2 Å². The fraction of sp³-hybridized carbons (Fsp3) is 0.133. The molecule has 1 atom stereocenters. The first-order chi connectivity index (χ1) is 10.4. The van der Waals surface area contributed by atoms with Crippen molar-refractivity contribution in [3.63, 3.8) is 0 Å². The third kappa shape index (κ3) is 3.74. The van der Waals surface area contributed by atoms with Crippen molar-refractivity contribution in [2.24, 2.45) is 0 Å². The highest BCUT2D eigenvalue weighted by Crippen LogP contribution is 2.26. The van der Waals surface area contributed by atoms with Gasteiger partial charge in [0, 0.05) is 22.2 Å². The molecule has 7 heteroatoms. The summed E-state index contributed by atoms with van der Waals surface area (Å²) >= 11 is 11.7. The molecule has 3 nitrogen and oxygen atoms in total. The van der Waals surface area contributed by atoms with Gasteiger partial charge in [0.25, 0.3) is 5.91 Å². The average molecular weight is 346 g/mol. The van der Waals surface area contributed by atoms with E-state index >= 15 is 0 Å². The Kier molecular flexibility index (Phi) is 5.34. The number of rotatable bonds is 4. The van der Waals surface area contributed by atoms with E-state index in [1.165, 1.54) is 18.2 Å². The van der Waals surface area contributed by atoms with Crippen LogP contribution in [0.5, 0.6) is 0 Å². The Labute approximate surface area is 135 Å². The Morgan fingerprint density at radius 1 is 1.18 bits per heavy atom. The number of aliphatic hydroxyl groups is 1. The quantitative estimate of drug-likeness (QED) is 0.886. The number of carbonyl (C=O) groups excluding carboxylic acids is 1. The lowest BCUT2D eigenvalue weighted by atomic mass is 10.1. The predicted molar refractivity (Wildman–Crippen MR) is 80.1 cm³/mol. The van der Waals surface area contributed by atoms with Crippen molar-refractivity contribution in [2.45, 2.75) is 6.10 Å². The summed E-state index contributed by atoms with van der Waals surface area (Å²) in [6.45, 7) is -0.256. The van der Waals surface area contributed by atoms with E-state index < -0.39 is 29.2 Å². The number of halogens is 4. The van der Waals surface area contributed by atoms with Crippen LogP contribution < -0.4 is 5.32 Å². The molecule has 2 aromatic rings.